The molecule has 0 fully saturated rings. The fourth-order valence-corrected chi connectivity index (χ4v) is 2.49. The van der Waals surface area contributed by atoms with Crippen LogP contribution in [0.5, 0.6) is 0 Å². The van der Waals surface area contributed by atoms with Crippen LogP contribution < -0.4 is 5.32 Å². The summed E-state index contributed by atoms with van der Waals surface area (Å²) in [4.78, 5) is 12.3. The van der Waals surface area contributed by atoms with E-state index in [4.69, 9.17) is 16.9 Å². The Morgan fingerprint density at radius 3 is 2.84 bits per heavy atom. The lowest BCUT2D eigenvalue weighted by Crippen LogP contribution is -2.13. The zero-order valence-corrected chi connectivity index (χ0v) is 13.7. The molecule has 25 heavy (non-hydrogen) atoms. The minimum atomic E-state index is -0.421. The average molecular weight is 355 g/mol. The molecular formula is C18H12ClFN4O. The van der Waals surface area contributed by atoms with Gasteiger partial charge in [-0.15, -0.1) is 0 Å². The number of nitriles is 1. The number of halogens is 2. The van der Waals surface area contributed by atoms with Gasteiger partial charge in [-0.1, -0.05) is 29.8 Å². The minimum Gasteiger partial charge on any atom is -0.304 e. The van der Waals surface area contributed by atoms with Gasteiger partial charge in [-0.05, 0) is 35.9 Å². The van der Waals surface area contributed by atoms with E-state index in [1.54, 1.807) is 36.5 Å². The molecule has 124 valence electrons. The molecule has 1 heterocycles. The van der Waals surface area contributed by atoms with E-state index in [2.05, 4.69) is 10.4 Å². The predicted molar refractivity (Wildman–Crippen MR) is 91.8 cm³/mol. The highest BCUT2D eigenvalue weighted by molar-refractivity contribution is 6.33. The van der Waals surface area contributed by atoms with E-state index >= 15 is 0 Å². The van der Waals surface area contributed by atoms with Crippen molar-refractivity contribution in [1.29, 1.82) is 5.26 Å². The second-order valence-corrected chi connectivity index (χ2v) is 5.71. The molecule has 0 aliphatic heterocycles. The number of carbonyl (C=O) groups is 1. The van der Waals surface area contributed by atoms with Gasteiger partial charge in [-0.2, -0.15) is 10.4 Å². The molecule has 3 rings (SSSR count). The minimum absolute atomic E-state index is 0.199. The second-order valence-electron chi connectivity index (χ2n) is 5.30. The zero-order chi connectivity index (χ0) is 17.8. The maximum atomic E-state index is 13.2. The first-order valence-corrected chi connectivity index (χ1v) is 7.72. The van der Waals surface area contributed by atoms with Gasteiger partial charge in [0.25, 0.3) is 5.91 Å². The molecule has 0 bridgehead atoms. The predicted octanol–water partition coefficient (Wildman–Crippen LogP) is 3.85. The van der Waals surface area contributed by atoms with Crippen molar-refractivity contribution < 1.29 is 9.18 Å². The Kier molecular flexibility index (Phi) is 4.78. The SMILES string of the molecule is N#Cc1cccc(C(=O)Nc2nn(Cc3cccc(F)c3)cc2Cl)c1. The van der Waals surface area contributed by atoms with E-state index in [1.165, 1.54) is 22.9 Å². The molecule has 0 unspecified atom stereocenters. The molecule has 7 heteroatoms. The standard InChI is InChI=1S/C18H12ClFN4O/c19-16-11-24(10-13-4-2-6-15(20)8-13)23-17(16)22-18(25)14-5-1-3-12(7-14)9-21/h1-8,11H,10H2,(H,22,23,25). The van der Waals surface area contributed by atoms with E-state index in [0.29, 0.717) is 17.7 Å². The summed E-state index contributed by atoms with van der Waals surface area (Å²) in [5.74, 6) is -0.554. The summed E-state index contributed by atoms with van der Waals surface area (Å²) in [5, 5.41) is 16.0. The summed E-state index contributed by atoms with van der Waals surface area (Å²) < 4.78 is 14.8. The molecule has 3 aromatic rings. The van der Waals surface area contributed by atoms with E-state index in [-0.39, 0.29) is 16.7 Å². The zero-order valence-electron chi connectivity index (χ0n) is 12.9. The second kappa shape index (κ2) is 7.16. The smallest absolute Gasteiger partial charge is 0.256 e. The lowest BCUT2D eigenvalue weighted by Gasteiger charge is -2.04. The Bertz CT molecular complexity index is 977. The van der Waals surface area contributed by atoms with Crippen molar-refractivity contribution in [1.82, 2.24) is 9.78 Å². The number of hydrogen-bond donors (Lipinski definition) is 1. The fraction of sp³-hybridized carbons (Fsp3) is 0.0556. The van der Waals surface area contributed by atoms with Crippen LogP contribution in [0.3, 0.4) is 0 Å². The average Bonchev–Trinajstić information content (AvgIpc) is 2.94. The summed E-state index contributed by atoms with van der Waals surface area (Å²) >= 11 is 6.11. The van der Waals surface area contributed by atoms with Crippen LogP contribution in [0.4, 0.5) is 10.2 Å². The molecule has 1 amide bonds. The number of carbonyl (C=O) groups excluding carboxylic acids is 1. The molecule has 0 atom stereocenters. The first-order valence-electron chi connectivity index (χ1n) is 7.34. The van der Waals surface area contributed by atoms with Crippen molar-refractivity contribution in [3.63, 3.8) is 0 Å². The van der Waals surface area contributed by atoms with Crippen LogP contribution in [0.2, 0.25) is 5.02 Å². The molecule has 0 aliphatic carbocycles. The number of anilines is 1. The lowest BCUT2D eigenvalue weighted by atomic mass is 10.1. The molecule has 0 saturated heterocycles. The van der Waals surface area contributed by atoms with Crippen LogP contribution in [0.1, 0.15) is 21.5 Å². The maximum absolute atomic E-state index is 13.2. The van der Waals surface area contributed by atoms with Crippen LogP contribution in [-0.2, 0) is 6.54 Å². The fourth-order valence-electron chi connectivity index (χ4n) is 2.29. The number of nitrogens with one attached hydrogen (secondary N) is 1. The number of aromatic nitrogens is 2. The van der Waals surface area contributed by atoms with Crippen molar-refractivity contribution in [2.75, 3.05) is 5.32 Å². The summed E-state index contributed by atoms with van der Waals surface area (Å²) in [5.41, 5.74) is 1.43. The molecule has 1 aromatic heterocycles. The van der Waals surface area contributed by atoms with Gasteiger partial charge in [0.2, 0.25) is 0 Å². The van der Waals surface area contributed by atoms with Gasteiger partial charge >= 0.3 is 0 Å². The third kappa shape index (κ3) is 4.03. The monoisotopic (exact) mass is 354 g/mol. The number of hydrogen-bond acceptors (Lipinski definition) is 3. The molecule has 0 aliphatic rings. The highest BCUT2D eigenvalue weighted by atomic mass is 35.5. The van der Waals surface area contributed by atoms with Gasteiger partial charge in [0.15, 0.2) is 5.82 Å². The van der Waals surface area contributed by atoms with Crippen LogP contribution in [0, 0.1) is 17.1 Å². The van der Waals surface area contributed by atoms with Crippen molar-refractivity contribution in [3.8, 4) is 6.07 Å². The van der Waals surface area contributed by atoms with E-state index < -0.39 is 5.91 Å². The Morgan fingerprint density at radius 2 is 2.08 bits per heavy atom. The normalized spacial score (nSPS) is 10.3. The van der Waals surface area contributed by atoms with Gasteiger partial charge in [0.05, 0.1) is 18.2 Å². The first-order chi connectivity index (χ1) is 12.0. The van der Waals surface area contributed by atoms with Crippen molar-refractivity contribution in [2.45, 2.75) is 6.54 Å². The summed E-state index contributed by atoms with van der Waals surface area (Å²) in [6.07, 6.45) is 1.55. The van der Waals surface area contributed by atoms with Gasteiger partial charge in [0, 0.05) is 11.8 Å². The lowest BCUT2D eigenvalue weighted by molar-refractivity contribution is 0.102. The molecule has 1 N–H and O–H groups in total. The van der Waals surface area contributed by atoms with Crippen LogP contribution in [0.15, 0.2) is 54.7 Å². The number of nitrogens with zero attached hydrogens (tertiary/aromatic N) is 3. The largest absolute Gasteiger partial charge is 0.304 e. The van der Waals surface area contributed by atoms with Crippen molar-refractivity contribution >= 4 is 23.3 Å². The topological polar surface area (TPSA) is 70.7 Å². The third-order valence-corrected chi connectivity index (χ3v) is 3.71. The highest BCUT2D eigenvalue weighted by Crippen LogP contribution is 2.21. The van der Waals surface area contributed by atoms with E-state index in [1.807, 2.05) is 6.07 Å². The molecule has 0 saturated carbocycles. The Labute approximate surface area is 148 Å². The first kappa shape index (κ1) is 16.7. The summed E-state index contributed by atoms with van der Waals surface area (Å²) in [6.45, 7) is 0.317. The maximum Gasteiger partial charge on any atom is 0.256 e. The molecule has 2 aromatic carbocycles. The Morgan fingerprint density at radius 1 is 1.28 bits per heavy atom. The van der Waals surface area contributed by atoms with Crippen molar-refractivity contribution in [2.24, 2.45) is 0 Å². The van der Waals surface area contributed by atoms with Crippen LogP contribution in [-0.4, -0.2) is 15.7 Å². The van der Waals surface area contributed by atoms with Gasteiger partial charge in [0.1, 0.15) is 10.8 Å². The van der Waals surface area contributed by atoms with E-state index in [9.17, 15) is 9.18 Å². The summed E-state index contributed by atoms with van der Waals surface area (Å²) in [6, 6.07) is 14.4. The molecular weight excluding hydrogens is 343 g/mol. The third-order valence-electron chi connectivity index (χ3n) is 3.44. The van der Waals surface area contributed by atoms with Crippen LogP contribution >= 0.6 is 11.6 Å². The Balaban J connectivity index is 1.76. The van der Waals surface area contributed by atoms with Gasteiger partial charge in [-0.25, -0.2) is 4.39 Å². The van der Waals surface area contributed by atoms with Gasteiger partial charge < -0.3 is 5.32 Å². The molecule has 0 spiro atoms. The van der Waals surface area contributed by atoms with Gasteiger partial charge in [-0.3, -0.25) is 9.48 Å². The summed E-state index contributed by atoms with van der Waals surface area (Å²) in [7, 11) is 0. The number of benzene rings is 2. The highest BCUT2D eigenvalue weighted by Gasteiger charge is 2.13. The molecule has 5 nitrogen and oxygen atoms in total. The number of amides is 1. The van der Waals surface area contributed by atoms with E-state index in [0.717, 1.165) is 5.56 Å². The van der Waals surface area contributed by atoms with Crippen molar-refractivity contribution in [3.05, 3.63) is 82.3 Å². The molecule has 0 radical (unpaired) electrons. The van der Waals surface area contributed by atoms with Crippen LogP contribution in [0.25, 0.3) is 0 Å². The Hall–Kier alpha value is -3.17. The quantitative estimate of drug-likeness (QED) is 0.773. The number of rotatable bonds is 4.